The Balaban J connectivity index is 2.41. The second-order valence-corrected chi connectivity index (χ2v) is 5.06. The molecule has 0 amide bonds. The molecule has 1 aromatic rings. The first-order valence-electron chi connectivity index (χ1n) is 5.98. The number of aliphatic carboxylic acids is 1. The van der Waals surface area contributed by atoms with Gasteiger partial charge in [0, 0.05) is 0 Å². The maximum absolute atomic E-state index is 10.9. The van der Waals surface area contributed by atoms with Crippen molar-refractivity contribution >= 4 is 5.97 Å². The second-order valence-electron chi connectivity index (χ2n) is 5.06. The number of carboxylic acid groups (broad SMARTS) is 1. The number of hydrogen-bond donors (Lipinski definition) is 2. The molecule has 2 unspecified atom stereocenters. The van der Waals surface area contributed by atoms with Crippen LogP contribution >= 0.6 is 0 Å². The summed E-state index contributed by atoms with van der Waals surface area (Å²) < 4.78 is 0. The molecule has 2 atom stereocenters. The van der Waals surface area contributed by atoms with Gasteiger partial charge in [-0.05, 0) is 37.7 Å². The average Bonchev–Trinajstić information content (AvgIpc) is 2.27. The van der Waals surface area contributed by atoms with Gasteiger partial charge in [-0.2, -0.15) is 0 Å². The lowest BCUT2D eigenvalue weighted by Gasteiger charge is -2.23. The fourth-order valence-corrected chi connectivity index (χ4v) is 1.97. The standard InChI is InChI=1S/C14H21NO2/c1-11(10-14(2,15)13(16)17)8-9-12-6-4-3-5-7-12/h3-7,11H,8-10,15H2,1-2H3,(H,16,17). The van der Waals surface area contributed by atoms with Gasteiger partial charge in [0.15, 0.2) is 0 Å². The topological polar surface area (TPSA) is 63.3 Å². The zero-order valence-electron chi connectivity index (χ0n) is 10.5. The summed E-state index contributed by atoms with van der Waals surface area (Å²) in [6.45, 7) is 3.63. The zero-order chi connectivity index (χ0) is 12.9. The SMILES string of the molecule is CC(CCc1ccccc1)CC(C)(N)C(=O)O. The molecule has 0 aliphatic carbocycles. The van der Waals surface area contributed by atoms with E-state index in [0.717, 1.165) is 12.8 Å². The molecular weight excluding hydrogens is 214 g/mol. The molecule has 0 aliphatic heterocycles. The molecule has 0 fully saturated rings. The predicted molar refractivity (Wildman–Crippen MR) is 68.8 cm³/mol. The van der Waals surface area contributed by atoms with Crippen molar-refractivity contribution < 1.29 is 9.90 Å². The number of nitrogens with two attached hydrogens (primary N) is 1. The van der Waals surface area contributed by atoms with Crippen LogP contribution in [0.5, 0.6) is 0 Å². The van der Waals surface area contributed by atoms with Crippen molar-refractivity contribution in [2.75, 3.05) is 0 Å². The van der Waals surface area contributed by atoms with Crippen LogP contribution in [-0.2, 0) is 11.2 Å². The van der Waals surface area contributed by atoms with Gasteiger partial charge in [-0.3, -0.25) is 4.79 Å². The van der Waals surface area contributed by atoms with Gasteiger partial charge in [-0.15, -0.1) is 0 Å². The Kier molecular flexibility index (Phi) is 4.70. The van der Waals surface area contributed by atoms with Crippen molar-refractivity contribution in [1.82, 2.24) is 0 Å². The Bertz CT molecular complexity index is 360. The maximum atomic E-state index is 10.9. The van der Waals surface area contributed by atoms with Crippen LogP contribution in [0, 0.1) is 5.92 Å². The summed E-state index contributed by atoms with van der Waals surface area (Å²) in [7, 11) is 0. The molecule has 0 aliphatic rings. The minimum Gasteiger partial charge on any atom is -0.480 e. The van der Waals surface area contributed by atoms with Crippen LogP contribution < -0.4 is 5.73 Å². The molecule has 0 saturated heterocycles. The van der Waals surface area contributed by atoms with Crippen LogP contribution in [0.15, 0.2) is 30.3 Å². The van der Waals surface area contributed by atoms with Gasteiger partial charge >= 0.3 is 5.97 Å². The third kappa shape index (κ3) is 4.57. The first-order valence-corrected chi connectivity index (χ1v) is 5.98. The molecule has 0 bridgehead atoms. The molecule has 94 valence electrons. The van der Waals surface area contributed by atoms with Crippen LogP contribution in [0.25, 0.3) is 0 Å². The van der Waals surface area contributed by atoms with Crippen molar-refractivity contribution in [2.45, 2.75) is 38.6 Å². The molecule has 0 heterocycles. The van der Waals surface area contributed by atoms with Crippen LogP contribution in [0.4, 0.5) is 0 Å². The molecule has 0 radical (unpaired) electrons. The first-order chi connectivity index (χ1) is 7.92. The van der Waals surface area contributed by atoms with E-state index in [4.69, 9.17) is 10.8 Å². The quantitative estimate of drug-likeness (QED) is 0.796. The Morgan fingerprint density at radius 2 is 2.00 bits per heavy atom. The Morgan fingerprint density at radius 1 is 1.41 bits per heavy atom. The van der Waals surface area contributed by atoms with Gasteiger partial charge in [0.1, 0.15) is 5.54 Å². The summed E-state index contributed by atoms with van der Waals surface area (Å²) in [4.78, 5) is 10.9. The highest BCUT2D eigenvalue weighted by atomic mass is 16.4. The van der Waals surface area contributed by atoms with Crippen molar-refractivity contribution in [2.24, 2.45) is 11.7 Å². The molecule has 3 N–H and O–H groups in total. The van der Waals surface area contributed by atoms with Gasteiger partial charge in [-0.25, -0.2) is 0 Å². The van der Waals surface area contributed by atoms with E-state index in [1.165, 1.54) is 5.56 Å². The average molecular weight is 235 g/mol. The lowest BCUT2D eigenvalue weighted by atomic mass is 9.87. The van der Waals surface area contributed by atoms with Crippen LogP contribution in [0.1, 0.15) is 32.3 Å². The zero-order valence-corrected chi connectivity index (χ0v) is 10.5. The highest BCUT2D eigenvalue weighted by Crippen LogP contribution is 2.19. The van der Waals surface area contributed by atoms with E-state index < -0.39 is 11.5 Å². The third-order valence-corrected chi connectivity index (χ3v) is 3.03. The number of carboxylic acids is 1. The minimum atomic E-state index is -1.11. The first kappa shape index (κ1) is 13.7. The Morgan fingerprint density at radius 3 is 2.53 bits per heavy atom. The highest BCUT2D eigenvalue weighted by Gasteiger charge is 2.29. The van der Waals surface area contributed by atoms with Crippen LogP contribution in [0.2, 0.25) is 0 Å². The molecule has 1 rings (SSSR count). The van der Waals surface area contributed by atoms with E-state index in [2.05, 4.69) is 19.1 Å². The molecule has 17 heavy (non-hydrogen) atoms. The van der Waals surface area contributed by atoms with Gasteiger partial charge in [-0.1, -0.05) is 37.3 Å². The fourth-order valence-electron chi connectivity index (χ4n) is 1.97. The summed E-state index contributed by atoms with van der Waals surface area (Å²) >= 11 is 0. The van der Waals surface area contributed by atoms with Gasteiger partial charge in [0.2, 0.25) is 0 Å². The number of rotatable bonds is 6. The van der Waals surface area contributed by atoms with Gasteiger partial charge in [0.05, 0.1) is 0 Å². The van der Waals surface area contributed by atoms with Crippen molar-refractivity contribution in [3.63, 3.8) is 0 Å². The van der Waals surface area contributed by atoms with Crippen LogP contribution in [0.3, 0.4) is 0 Å². The summed E-state index contributed by atoms with van der Waals surface area (Å²) in [6, 6.07) is 10.2. The molecular formula is C14H21NO2. The Labute approximate surface area is 103 Å². The molecule has 3 nitrogen and oxygen atoms in total. The van der Waals surface area contributed by atoms with Gasteiger partial charge in [0.25, 0.3) is 0 Å². The van der Waals surface area contributed by atoms with Crippen molar-refractivity contribution in [3.8, 4) is 0 Å². The van der Waals surface area contributed by atoms with Crippen molar-refractivity contribution in [3.05, 3.63) is 35.9 Å². The smallest absolute Gasteiger partial charge is 0.323 e. The number of hydrogen-bond acceptors (Lipinski definition) is 2. The lowest BCUT2D eigenvalue weighted by molar-refractivity contribution is -0.143. The Hall–Kier alpha value is -1.35. The van der Waals surface area contributed by atoms with E-state index >= 15 is 0 Å². The number of benzene rings is 1. The van der Waals surface area contributed by atoms with E-state index in [-0.39, 0.29) is 0 Å². The lowest BCUT2D eigenvalue weighted by Crippen LogP contribution is -2.46. The van der Waals surface area contributed by atoms with Crippen LogP contribution in [-0.4, -0.2) is 16.6 Å². The third-order valence-electron chi connectivity index (χ3n) is 3.03. The van der Waals surface area contributed by atoms with E-state index in [1.807, 2.05) is 18.2 Å². The molecule has 0 saturated carbocycles. The predicted octanol–water partition coefficient (Wildman–Crippen LogP) is 2.45. The van der Waals surface area contributed by atoms with E-state index in [0.29, 0.717) is 12.3 Å². The maximum Gasteiger partial charge on any atom is 0.323 e. The highest BCUT2D eigenvalue weighted by molar-refractivity contribution is 5.77. The fraction of sp³-hybridized carbons (Fsp3) is 0.500. The summed E-state index contributed by atoms with van der Waals surface area (Å²) in [5.74, 6) is -0.620. The van der Waals surface area contributed by atoms with Crippen molar-refractivity contribution in [1.29, 1.82) is 0 Å². The summed E-state index contributed by atoms with van der Waals surface area (Å²) in [5.41, 5.74) is 5.90. The minimum absolute atomic E-state index is 0.307. The normalized spacial score (nSPS) is 16.2. The van der Waals surface area contributed by atoms with E-state index in [1.54, 1.807) is 6.92 Å². The van der Waals surface area contributed by atoms with E-state index in [9.17, 15) is 4.79 Å². The second kappa shape index (κ2) is 5.82. The summed E-state index contributed by atoms with van der Waals surface area (Å²) in [5, 5.41) is 8.95. The largest absolute Gasteiger partial charge is 0.480 e. The summed E-state index contributed by atoms with van der Waals surface area (Å²) in [6.07, 6.45) is 2.44. The number of carbonyl (C=O) groups is 1. The molecule has 1 aromatic carbocycles. The number of aryl methyl sites for hydroxylation is 1. The molecule has 3 heteroatoms. The molecule has 0 spiro atoms. The van der Waals surface area contributed by atoms with Gasteiger partial charge < -0.3 is 10.8 Å². The molecule has 0 aromatic heterocycles. The monoisotopic (exact) mass is 235 g/mol.